The Balaban J connectivity index is 1.21. The van der Waals surface area contributed by atoms with Gasteiger partial charge in [-0.25, -0.2) is 0 Å². The van der Waals surface area contributed by atoms with Crippen LogP contribution in [0.2, 0.25) is 0 Å². The number of piperidine rings is 1. The monoisotopic (exact) mass is 410 g/mol. The first-order valence-electron chi connectivity index (χ1n) is 10.9. The van der Waals surface area contributed by atoms with E-state index < -0.39 is 0 Å². The number of rotatable bonds is 6. The Labute approximate surface area is 177 Å². The average molecular weight is 411 g/mol. The molecule has 0 atom stereocenters. The van der Waals surface area contributed by atoms with E-state index in [4.69, 9.17) is 0 Å². The summed E-state index contributed by atoms with van der Waals surface area (Å²) in [7, 11) is 0. The predicted molar refractivity (Wildman–Crippen MR) is 117 cm³/mol. The highest BCUT2D eigenvalue weighted by atomic mass is 32.1. The smallest absolute Gasteiger partial charge is 0.263 e. The highest BCUT2D eigenvalue weighted by molar-refractivity contribution is 7.12. The Morgan fingerprint density at radius 1 is 0.897 bits per heavy atom. The van der Waals surface area contributed by atoms with Crippen LogP contribution in [0, 0.1) is 5.92 Å². The minimum absolute atomic E-state index is 0.186. The zero-order chi connectivity index (χ0) is 20.1. The lowest BCUT2D eigenvalue weighted by atomic mass is 9.89. The van der Waals surface area contributed by atoms with Crippen molar-refractivity contribution in [3.63, 3.8) is 0 Å². The second-order valence-corrected chi connectivity index (χ2v) is 9.27. The Kier molecular flexibility index (Phi) is 6.65. The summed E-state index contributed by atoms with van der Waals surface area (Å²) in [6, 6.07) is 12.7. The van der Waals surface area contributed by atoms with E-state index in [1.54, 1.807) is 0 Å². The van der Waals surface area contributed by atoms with E-state index in [0.717, 1.165) is 69.6 Å². The van der Waals surface area contributed by atoms with Gasteiger partial charge in [-0.15, -0.1) is 11.3 Å². The van der Waals surface area contributed by atoms with Crippen LogP contribution in [0.4, 0.5) is 0 Å². The van der Waals surface area contributed by atoms with Gasteiger partial charge in [0.2, 0.25) is 5.91 Å². The van der Waals surface area contributed by atoms with Crippen LogP contribution < -0.4 is 0 Å². The molecule has 0 bridgehead atoms. The van der Waals surface area contributed by atoms with Crippen LogP contribution in [-0.2, 0) is 17.6 Å². The van der Waals surface area contributed by atoms with E-state index in [9.17, 15) is 9.59 Å². The summed E-state index contributed by atoms with van der Waals surface area (Å²) in [6.45, 7) is 3.60. The number of nitrogens with zero attached hydrogens (tertiary/aromatic N) is 2. The zero-order valence-electron chi connectivity index (χ0n) is 17.0. The Bertz CT molecular complexity index is 802. The first kappa shape index (κ1) is 20.1. The van der Waals surface area contributed by atoms with Crippen molar-refractivity contribution in [1.29, 1.82) is 0 Å². The normalized spacial score (nSPS) is 17.7. The molecule has 2 aliphatic rings. The fourth-order valence-electron chi connectivity index (χ4n) is 4.45. The number of hydrogen-bond donors (Lipinski definition) is 0. The van der Waals surface area contributed by atoms with Crippen LogP contribution in [0.15, 0.2) is 41.8 Å². The van der Waals surface area contributed by atoms with Gasteiger partial charge in [-0.05, 0) is 67.0 Å². The lowest BCUT2D eigenvalue weighted by Gasteiger charge is -2.31. The molecule has 29 heavy (non-hydrogen) atoms. The molecule has 2 amide bonds. The van der Waals surface area contributed by atoms with Gasteiger partial charge in [-0.2, -0.15) is 0 Å². The molecule has 0 saturated carbocycles. The van der Waals surface area contributed by atoms with Gasteiger partial charge in [0.1, 0.15) is 0 Å². The number of carbonyl (C=O) groups excluding carboxylic acids is 2. The Morgan fingerprint density at radius 3 is 2.24 bits per heavy atom. The summed E-state index contributed by atoms with van der Waals surface area (Å²) in [5.41, 5.74) is 2.61. The summed E-state index contributed by atoms with van der Waals surface area (Å²) >= 11 is 1.53. The number of hydrogen-bond acceptors (Lipinski definition) is 3. The molecule has 0 spiro atoms. The van der Waals surface area contributed by atoms with Crippen LogP contribution in [0.1, 0.15) is 52.9 Å². The SMILES string of the molecule is O=C(CCc1ccc(CC2CCN(C(=O)c3cccs3)CC2)cc1)N1CCCC1. The van der Waals surface area contributed by atoms with Crippen molar-refractivity contribution in [2.45, 2.75) is 44.9 Å². The van der Waals surface area contributed by atoms with E-state index in [1.165, 1.54) is 22.5 Å². The van der Waals surface area contributed by atoms with E-state index in [-0.39, 0.29) is 5.91 Å². The van der Waals surface area contributed by atoms with Gasteiger partial charge < -0.3 is 9.80 Å². The van der Waals surface area contributed by atoms with E-state index >= 15 is 0 Å². The maximum absolute atomic E-state index is 12.5. The Hall–Kier alpha value is -2.14. The molecule has 4 nitrogen and oxygen atoms in total. The van der Waals surface area contributed by atoms with Gasteiger partial charge in [-0.1, -0.05) is 30.3 Å². The molecule has 154 valence electrons. The van der Waals surface area contributed by atoms with Gasteiger partial charge >= 0.3 is 0 Å². The Morgan fingerprint density at radius 2 is 1.59 bits per heavy atom. The minimum Gasteiger partial charge on any atom is -0.343 e. The number of thiophene rings is 1. The van der Waals surface area contributed by atoms with E-state index in [1.807, 2.05) is 27.3 Å². The molecule has 3 heterocycles. The maximum atomic E-state index is 12.5. The molecular formula is C24H30N2O2S. The molecule has 0 N–H and O–H groups in total. The van der Waals surface area contributed by atoms with Crippen molar-refractivity contribution in [1.82, 2.24) is 9.80 Å². The summed E-state index contributed by atoms with van der Waals surface area (Å²) in [5.74, 6) is 1.13. The van der Waals surface area contributed by atoms with E-state index in [0.29, 0.717) is 18.2 Å². The van der Waals surface area contributed by atoms with Crippen molar-refractivity contribution in [3.05, 3.63) is 57.8 Å². The average Bonchev–Trinajstić information content (AvgIpc) is 3.47. The molecule has 0 aliphatic carbocycles. The van der Waals surface area contributed by atoms with Crippen molar-refractivity contribution in [3.8, 4) is 0 Å². The van der Waals surface area contributed by atoms with Gasteiger partial charge in [-0.3, -0.25) is 9.59 Å². The third kappa shape index (κ3) is 5.27. The summed E-state index contributed by atoms with van der Waals surface area (Å²) in [6.07, 6.45) is 6.98. The molecule has 1 aromatic carbocycles. The predicted octanol–water partition coefficient (Wildman–Crippen LogP) is 4.40. The lowest BCUT2D eigenvalue weighted by molar-refractivity contribution is -0.130. The van der Waals surface area contributed by atoms with Crippen LogP contribution in [-0.4, -0.2) is 47.8 Å². The molecule has 1 aromatic heterocycles. The van der Waals surface area contributed by atoms with Crippen LogP contribution in [0.25, 0.3) is 0 Å². The minimum atomic E-state index is 0.186. The number of benzene rings is 1. The maximum Gasteiger partial charge on any atom is 0.263 e. The lowest BCUT2D eigenvalue weighted by Crippen LogP contribution is -2.38. The number of aryl methyl sites for hydroxylation is 1. The van der Waals surface area contributed by atoms with Crippen LogP contribution >= 0.6 is 11.3 Å². The molecule has 0 unspecified atom stereocenters. The summed E-state index contributed by atoms with van der Waals surface area (Å²) in [5, 5.41) is 1.96. The van der Waals surface area contributed by atoms with Crippen LogP contribution in [0.5, 0.6) is 0 Å². The fraction of sp³-hybridized carbons (Fsp3) is 0.500. The molecule has 2 fully saturated rings. The molecule has 4 rings (SSSR count). The number of likely N-dealkylation sites (tertiary alicyclic amines) is 2. The zero-order valence-corrected chi connectivity index (χ0v) is 17.8. The summed E-state index contributed by atoms with van der Waals surface area (Å²) in [4.78, 5) is 29.5. The van der Waals surface area contributed by atoms with Gasteiger partial charge in [0.05, 0.1) is 4.88 Å². The van der Waals surface area contributed by atoms with Crippen molar-refractivity contribution >= 4 is 23.2 Å². The fourth-order valence-corrected chi connectivity index (χ4v) is 5.14. The largest absolute Gasteiger partial charge is 0.343 e. The van der Waals surface area contributed by atoms with Crippen molar-refractivity contribution in [2.24, 2.45) is 5.92 Å². The number of carbonyl (C=O) groups is 2. The first-order valence-corrected chi connectivity index (χ1v) is 11.8. The third-order valence-electron chi connectivity index (χ3n) is 6.27. The summed E-state index contributed by atoms with van der Waals surface area (Å²) < 4.78 is 0. The highest BCUT2D eigenvalue weighted by Crippen LogP contribution is 2.24. The molecule has 2 aromatic rings. The first-order chi connectivity index (χ1) is 14.2. The van der Waals surface area contributed by atoms with Crippen LogP contribution in [0.3, 0.4) is 0 Å². The third-order valence-corrected chi connectivity index (χ3v) is 7.13. The second-order valence-electron chi connectivity index (χ2n) is 8.32. The van der Waals surface area contributed by atoms with E-state index in [2.05, 4.69) is 24.3 Å². The second kappa shape index (κ2) is 9.57. The molecule has 0 radical (unpaired) electrons. The molecule has 2 saturated heterocycles. The van der Waals surface area contributed by atoms with Crippen molar-refractivity contribution < 1.29 is 9.59 Å². The molecular weight excluding hydrogens is 380 g/mol. The van der Waals surface area contributed by atoms with Gasteiger partial charge in [0.15, 0.2) is 0 Å². The number of amides is 2. The van der Waals surface area contributed by atoms with Gasteiger partial charge in [0, 0.05) is 32.6 Å². The standard InChI is InChI=1S/C24H30N2O2S/c27-23(25-13-1-2-14-25)10-9-19-5-7-20(8-6-19)18-21-11-15-26(16-12-21)24(28)22-4-3-17-29-22/h3-8,17,21H,1-2,9-16,18H2. The topological polar surface area (TPSA) is 40.6 Å². The quantitative estimate of drug-likeness (QED) is 0.708. The highest BCUT2D eigenvalue weighted by Gasteiger charge is 2.24. The molecule has 5 heteroatoms. The van der Waals surface area contributed by atoms with Crippen molar-refractivity contribution in [2.75, 3.05) is 26.2 Å². The molecule has 2 aliphatic heterocycles. The van der Waals surface area contributed by atoms with Gasteiger partial charge in [0.25, 0.3) is 5.91 Å².